The molecule has 36 heteroatoms. The number of carbonyl (C=O) groups is 2. The van der Waals surface area contributed by atoms with Gasteiger partial charge in [0.05, 0.1) is 40.9 Å². The average Bonchev–Trinajstić information content (AvgIpc) is 3.14. The number of methoxy groups -OCH3 is 4. The number of nitrogens with two attached hydrogens (primary N) is 4. The number of pyridine rings is 5. The van der Waals surface area contributed by atoms with Gasteiger partial charge in [0.25, 0.3) is 0 Å². The molecular weight excluding hydrogens is 1470 g/mol. The van der Waals surface area contributed by atoms with E-state index >= 15 is 0 Å². The van der Waals surface area contributed by atoms with E-state index in [-0.39, 0.29) is 103 Å². The number of ether oxygens (including phenoxy) is 4. The molecule has 0 radical (unpaired) electrons. The van der Waals surface area contributed by atoms with Gasteiger partial charge in [0.1, 0.15) is 59.8 Å². The number of aromatic nitrogens is 9. The predicted molar refractivity (Wildman–Crippen MR) is 359 cm³/mol. The van der Waals surface area contributed by atoms with Crippen LogP contribution in [0, 0.1) is 13.8 Å². The fourth-order valence-corrected chi connectivity index (χ4v) is 9.33. The van der Waals surface area contributed by atoms with Crippen LogP contribution in [0.15, 0.2) is 30.3 Å². The van der Waals surface area contributed by atoms with Crippen molar-refractivity contribution in [3.63, 3.8) is 0 Å². The fourth-order valence-electron chi connectivity index (χ4n) is 7.15. The number of carbonyl (C=O) groups excluding carboxylic acids is 2. The van der Waals surface area contributed by atoms with Crippen LogP contribution in [0.3, 0.4) is 0 Å². The summed E-state index contributed by atoms with van der Waals surface area (Å²) in [5.74, 6) is 1.98. The highest BCUT2D eigenvalue weighted by Crippen LogP contribution is 2.34. The number of rotatable bonds is 18. The molecule has 0 unspecified atom stereocenters. The minimum atomic E-state index is -0.266. The second kappa shape index (κ2) is 44.6. The summed E-state index contributed by atoms with van der Waals surface area (Å²) in [4.78, 5) is 52.5. The number of imidazole rings is 2. The van der Waals surface area contributed by atoms with E-state index in [1.54, 1.807) is 40.6 Å². The number of anilines is 6. The van der Waals surface area contributed by atoms with Crippen LogP contribution in [-0.2, 0) is 36.9 Å². The molecule has 2 amide bonds. The van der Waals surface area contributed by atoms with E-state index in [1.807, 2.05) is 13.8 Å². The predicted octanol–water partition coefficient (Wildman–Crippen LogP) is 15.2. The molecule has 7 aromatic heterocycles. The van der Waals surface area contributed by atoms with Gasteiger partial charge < -0.3 is 61.2 Å². The van der Waals surface area contributed by atoms with Crippen molar-refractivity contribution in [2.75, 3.05) is 88.0 Å². The molecular formula is C49H68Cl11F3IN15O6. The third-order valence-corrected chi connectivity index (χ3v) is 12.8. The number of halogens is 15. The van der Waals surface area contributed by atoms with E-state index in [0.717, 1.165) is 98.5 Å². The molecule has 0 aliphatic heterocycles. The zero-order valence-electron chi connectivity index (χ0n) is 46.9. The van der Waals surface area contributed by atoms with Crippen LogP contribution in [0.2, 0.25) is 46.4 Å². The van der Waals surface area contributed by atoms with E-state index in [9.17, 15) is 9.59 Å². The van der Waals surface area contributed by atoms with Gasteiger partial charge in [-0.2, -0.15) is 4.98 Å². The van der Waals surface area contributed by atoms with Gasteiger partial charge in [0.2, 0.25) is 17.7 Å². The minimum Gasteiger partial charge on any atom is -0.479 e. The summed E-state index contributed by atoms with van der Waals surface area (Å²) >= 11 is 52.0. The molecule has 7 aromatic rings. The summed E-state index contributed by atoms with van der Waals surface area (Å²) in [5, 5.41) is 4.63. The maximum atomic E-state index is 11.7. The van der Waals surface area contributed by atoms with Gasteiger partial charge in [-0.05, 0) is 52.4 Å². The molecule has 0 aromatic carbocycles. The fraction of sp³-hybridized carbons (Fsp3) is 0.408. The molecule has 9 N–H and O–H groups in total. The molecule has 480 valence electrons. The first-order chi connectivity index (χ1) is 38.4. The Bertz CT molecular complexity index is 3110. The maximum absolute atomic E-state index is 11.7. The van der Waals surface area contributed by atoms with Gasteiger partial charge in [-0.1, -0.05) is 104 Å². The van der Waals surface area contributed by atoms with E-state index in [0.29, 0.717) is 62.9 Å². The first-order valence-corrected chi connectivity index (χ1v) is 27.3. The average molecular weight is 1540 g/mol. The van der Waals surface area contributed by atoms with Crippen LogP contribution in [0.5, 0.6) is 5.88 Å². The SMILES string of the molecule is CC(=O)Nc1c(N)cc(Cl)nc1Cl.COCCCCN(C(C)=O)c1c(N)cc(Cl)nc1Cl.COCCCCn1c(C)nc2cc(Cl)nc(Cl)c21.COCCCCn1c(C)nc2cc(Cl)nc(OC)c21.Cl.Cl.F.FF.I.Nc1cc(Cl)nc(Cl)c1N.[HH]. The highest BCUT2D eigenvalue weighted by Gasteiger charge is 2.20. The molecule has 0 aliphatic rings. The molecule has 0 saturated carbocycles. The highest BCUT2D eigenvalue weighted by molar-refractivity contribution is 14.0. The van der Waals surface area contributed by atoms with E-state index in [4.69, 9.17) is 155 Å². The van der Waals surface area contributed by atoms with Gasteiger partial charge in [0.15, 0.2) is 20.6 Å². The molecule has 85 heavy (non-hydrogen) atoms. The van der Waals surface area contributed by atoms with Gasteiger partial charge in [-0.15, -0.1) is 48.8 Å². The molecule has 21 nitrogen and oxygen atoms in total. The standard InChI is InChI=1S/C13H18ClN3O2.C12H17Cl2N3O2.C12H15Cl2N3O.C7H7Cl2N3O.C5H5Cl2N3.2ClH.F2.FH.HI.H2/c1-9-15-10-8-11(14)16-13(19-3)12(10)17(9)6-4-5-7-18-2;1-8(18)17(5-3-4-6-19-2)11-9(15)7-10(13)16-12(11)14;1-8-15-9-7-10(13)16-12(14)11(9)17(8)5-3-4-6-18-2;1-3(13)11-6-4(10)2-5(8)12-7(6)9;6-3-1-2(8)4(9)5(7)10-3;;;1-2;;;/h8H,4-7H2,1-3H3;7H,3-6H2,1-2H3,(H2,15,16);7H,3-6H2,1-2H3;2H,1H3,(H2,10,12)(H,11,13);1H,9H2,(H2,8,10);2*1H;;3*1H. The quantitative estimate of drug-likeness (QED) is 0.0303. The Kier molecular flexibility index (Phi) is 44.8. The Balaban J connectivity index is -0.000000485. The molecule has 0 atom stereocenters. The summed E-state index contributed by atoms with van der Waals surface area (Å²) < 4.78 is 40.6. The van der Waals surface area contributed by atoms with Crippen LogP contribution in [0.1, 0.15) is 65.4 Å². The third kappa shape index (κ3) is 28.1. The van der Waals surface area contributed by atoms with Crippen LogP contribution in [0.4, 0.5) is 48.0 Å². The topological polar surface area (TPSA) is 290 Å². The van der Waals surface area contributed by atoms with E-state index < -0.39 is 0 Å². The lowest BCUT2D eigenvalue weighted by Gasteiger charge is -2.23. The van der Waals surface area contributed by atoms with E-state index in [1.165, 1.54) is 36.9 Å². The summed E-state index contributed by atoms with van der Waals surface area (Å²) in [6, 6.07) is 7.84. The van der Waals surface area contributed by atoms with Crippen molar-refractivity contribution in [1.82, 2.24) is 44.0 Å². The third-order valence-electron chi connectivity index (χ3n) is 10.7. The number of amides is 2. The molecule has 0 spiro atoms. The molecule has 7 heterocycles. The summed E-state index contributed by atoms with van der Waals surface area (Å²) in [6.07, 6.45) is 5.68. The number of hydrogen-bond acceptors (Lipinski definition) is 17. The van der Waals surface area contributed by atoms with Crippen molar-refractivity contribution in [1.29, 1.82) is 0 Å². The summed E-state index contributed by atoms with van der Waals surface area (Å²) in [7, 11) is 6.66. The lowest BCUT2D eigenvalue weighted by atomic mass is 10.2. The Labute approximate surface area is 565 Å². The van der Waals surface area contributed by atoms with Crippen LogP contribution in [0.25, 0.3) is 22.1 Å². The second-order valence-corrected chi connectivity index (χ2v) is 20.0. The molecule has 0 fully saturated rings. The van der Waals surface area contributed by atoms with Gasteiger partial charge in [0, 0.05) is 116 Å². The van der Waals surface area contributed by atoms with Gasteiger partial charge in [-0.25, -0.2) is 29.9 Å². The van der Waals surface area contributed by atoms with Crippen LogP contribution < -0.4 is 37.9 Å². The Morgan fingerprint density at radius 1 is 0.565 bits per heavy atom. The largest absolute Gasteiger partial charge is 0.479 e. The Hall–Kier alpha value is -3.78. The van der Waals surface area contributed by atoms with Crippen LogP contribution >= 0.6 is 153 Å². The van der Waals surface area contributed by atoms with Gasteiger partial charge >= 0.3 is 0 Å². The first kappa shape index (κ1) is 85.4. The molecule has 0 bridgehead atoms. The number of nitrogens with zero attached hydrogens (tertiary/aromatic N) is 10. The number of fused-ring (bicyclic) bond motifs is 2. The van der Waals surface area contributed by atoms with Gasteiger partial charge in [-0.3, -0.25) is 14.3 Å². The maximum Gasteiger partial charge on any atom is 0.241 e. The number of hydrogen-bond donors (Lipinski definition) is 5. The van der Waals surface area contributed by atoms with Crippen molar-refractivity contribution >= 4 is 221 Å². The summed E-state index contributed by atoms with van der Waals surface area (Å²) in [5.41, 5.74) is 27.5. The van der Waals surface area contributed by atoms with Crippen LogP contribution in [-0.4, -0.2) is 111 Å². The Morgan fingerprint density at radius 2 is 0.965 bits per heavy atom. The van der Waals surface area contributed by atoms with E-state index in [2.05, 4.69) is 49.3 Å². The monoisotopic (exact) mass is 1530 g/mol. The van der Waals surface area contributed by atoms with Crippen molar-refractivity contribution in [3.05, 3.63) is 88.4 Å². The number of nitrogens with one attached hydrogen (secondary N) is 1. The zero-order valence-corrected chi connectivity index (χ0v) is 57.7. The minimum absolute atomic E-state index is 0. The number of unbranched alkanes of at least 4 members (excludes halogenated alkanes) is 3. The second-order valence-electron chi connectivity index (χ2n) is 16.6. The smallest absolute Gasteiger partial charge is 0.241 e. The lowest BCUT2D eigenvalue weighted by Crippen LogP contribution is -2.31. The summed E-state index contributed by atoms with van der Waals surface area (Å²) in [6.45, 7) is 11.2. The number of aryl methyl sites for hydroxylation is 4. The van der Waals surface area contributed by atoms with Crippen molar-refractivity contribution in [2.45, 2.75) is 79.3 Å². The van der Waals surface area contributed by atoms with Crippen molar-refractivity contribution in [2.24, 2.45) is 0 Å². The van der Waals surface area contributed by atoms with Crippen molar-refractivity contribution in [3.8, 4) is 5.88 Å². The highest BCUT2D eigenvalue weighted by atomic mass is 127. The number of nitrogen functional groups attached to an aromatic ring is 4. The first-order valence-electron chi connectivity index (χ1n) is 23.9. The molecule has 7 rings (SSSR count). The normalized spacial score (nSPS) is 9.96. The molecule has 0 saturated heterocycles. The van der Waals surface area contributed by atoms with Crippen molar-refractivity contribution < 1.29 is 43.8 Å². The molecule has 0 aliphatic carbocycles. The zero-order chi connectivity index (χ0) is 61.1. The lowest BCUT2D eigenvalue weighted by molar-refractivity contribution is -0.116. The Morgan fingerprint density at radius 3 is 1.40 bits per heavy atom.